The highest BCUT2D eigenvalue weighted by Crippen LogP contribution is 2.37. The van der Waals surface area contributed by atoms with Gasteiger partial charge in [-0.05, 0) is 47.9 Å². The van der Waals surface area contributed by atoms with E-state index in [1.807, 2.05) is 0 Å². The average molecular weight is 440 g/mol. The van der Waals surface area contributed by atoms with Crippen molar-refractivity contribution in [3.05, 3.63) is 54.6 Å². The molecule has 0 aliphatic rings. The smallest absolute Gasteiger partial charge is 0.143 e. The molecule has 0 spiro atoms. The quantitative estimate of drug-likeness (QED) is 0.399. The monoisotopic (exact) mass is 440 g/mol. The topological polar surface area (TPSA) is 229 Å². The summed E-state index contributed by atoms with van der Waals surface area (Å²) in [6.07, 6.45) is 0. The van der Waals surface area contributed by atoms with Crippen molar-refractivity contribution in [2.24, 2.45) is 10.2 Å². The second-order valence-corrected chi connectivity index (χ2v) is 8.18. The highest BCUT2D eigenvalue weighted by molar-refractivity contribution is 7.86. The van der Waals surface area contributed by atoms with E-state index in [1.165, 1.54) is 30.3 Å². The van der Waals surface area contributed by atoms with Gasteiger partial charge in [0.25, 0.3) is 0 Å². The molecule has 0 amide bonds. The van der Waals surface area contributed by atoms with Crippen LogP contribution in [0.5, 0.6) is 5.75 Å². The largest absolute Gasteiger partial charge is 0.744 e. The molecule has 0 heterocycles. The van der Waals surface area contributed by atoms with E-state index in [4.69, 9.17) is 0 Å². The number of phenols is 1. The lowest BCUT2D eigenvalue weighted by molar-refractivity contribution is 0.461. The molecule has 0 aliphatic carbocycles. The molecule has 0 atom stereocenters. The number of fused-ring (bicyclic) bond motifs is 1. The number of benzene rings is 3. The Morgan fingerprint density at radius 1 is 0.724 bits per heavy atom. The fourth-order valence-electron chi connectivity index (χ4n) is 2.33. The summed E-state index contributed by atoms with van der Waals surface area (Å²) in [7, 11) is -9.21. The van der Waals surface area contributed by atoms with Gasteiger partial charge in [-0.2, -0.15) is 5.11 Å². The minimum atomic E-state index is -4.63. The van der Waals surface area contributed by atoms with E-state index in [0.29, 0.717) is 10.8 Å². The molecule has 0 aromatic heterocycles. The molecule has 156 valence electrons. The van der Waals surface area contributed by atoms with Crippen LogP contribution in [-0.4, -0.2) is 31.0 Å². The van der Waals surface area contributed by atoms with Gasteiger partial charge in [-0.15, -0.1) is 5.11 Å². The fraction of sp³-hybridized carbons (Fsp3) is 0. The molecule has 0 radical (unpaired) electrons. The summed E-state index contributed by atoms with van der Waals surface area (Å²) in [6, 6.07) is 10.9. The summed E-state index contributed by atoms with van der Waals surface area (Å²) >= 11 is 0. The molecule has 0 saturated carbocycles. The normalized spacial score (nSPS) is 11.8. The molecule has 0 aliphatic heterocycles. The van der Waals surface area contributed by atoms with Gasteiger partial charge < -0.3 is 26.5 Å². The maximum Gasteiger partial charge on any atom is 0.143 e. The van der Waals surface area contributed by atoms with Crippen LogP contribution >= 0.6 is 0 Å². The highest BCUT2D eigenvalue weighted by atomic mass is 32.2. The number of rotatable bonds is 4. The van der Waals surface area contributed by atoms with Gasteiger partial charge in [-0.25, -0.2) is 16.8 Å². The number of hydrogen-bond acceptors (Lipinski definition) is 11. The molecule has 0 unspecified atom stereocenters. The Bertz CT molecular complexity index is 1270. The van der Waals surface area contributed by atoms with Gasteiger partial charge >= 0.3 is 0 Å². The van der Waals surface area contributed by atoms with E-state index in [0.717, 1.165) is 24.3 Å². The van der Waals surface area contributed by atoms with Crippen LogP contribution in [0.15, 0.2) is 74.6 Å². The van der Waals surface area contributed by atoms with Crippen molar-refractivity contribution in [3.8, 4) is 5.75 Å². The standard InChI is InChI=1S/C16H12N2O7S2.2H3N/c19-15-8-1-10-9-13(27(23,24)25)6-7-14(10)16(15)18-17-11-2-4-12(5-3-11)26(20,21)22;;/h1-9,19H,(H,20,21,22)(H,23,24,25);2*1H3/p-2. The van der Waals surface area contributed by atoms with Crippen LogP contribution in [0.4, 0.5) is 11.4 Å². The first-order chi connectivity index (χ1) is 12.6. The molecule has 13 heteroatoms. The Hall–Kier alpha value is -2.94. The number of aromatic hydroxyl groups is 1. The molecule has 3 rings (SSSR count). The van der Waals surface area contributed by atoms with Crippen molar-refractivity contribution in [2.75, 3.05) is 0 Å². The molecule has 0 saturated heterocycles. The molecular formula is C16H16N4O7S2-2. The van der Waals surface area contributed by atoms with Crippen molar-refractivity contribution in [3.63, 3.8) is 0 Å². The van der Waals surface area contributed by atoms with Gasteiger partial charge in [0.15, 0.2) is 0 Å². The molecule has 7 N–H and O–H groups in total. The van der Waals surface area contributed by atoms with E-state index in [9.17, 15) is 31.0 Å². The SMILES string of the molecule is N.N.O=S(=O)([O-])c1ccc(N=Nc2c(O)ccc3cc(S(=O)(=O)[O-])ccc23)cc1. The van der Waals surface area contributed by atoms with Crippen molar-refractivity contribution in [1.29, 1.82) is 0 Å². The van der Waals surface area contributed by atoms with E-state index < -0.39 is 30.0 Å². The van der Waals surface area contributed by atoms with Crippen LogP contribution < -0.4 is 12.3 Å². The zero-order valence-electron chi connectivity index (χ0n) is 14.7. The minimum absolute atomic E-state index is 0. The summed E-state index contributed by atoms with van der Waals surface area (Å²) < 4.78 is 66.1. The molecule has 29 heavy (non-hydrogen) atoms. The second kappa shape index (κ2) is 8.60. The predicted molar refractivity (Wildman–Crippen MR) is 102 cm³/mol. The summed E-state index contributed by atoms with van der Waals surface area (Å²) in [5.41, 5.74) is 0.250. The number of phenolic OH excluding ortho intramolecular Hbond substituents is 1. The third-order valence-electron chi connectivity index (χ3n) is 3.62. The number of hydrogen-bond donors (Lipinski definition) is 3. The van der Waals surface area contributed by atoms with Crippen molar-refractivity contribution < 1.29 is 31.0 Å². The maximum absolute atomic E-state index is 11.1. The Balaban J connectivity index is 0.00000210. The third-order valence-corrected chi connectivity index (χ3v) is 5.30. The van der Waals surface area contributed by atoms with Crippen LogP contribution in [0.3, 0.4) is 0 Å². The summed E-state index contributed by atoms with van der Waals surface area (Å²) in [6.45, 7) is 0. The second-order valence-electron chi connectivity index (χ2n) is 5.42. The van der Waals surface area contributed by atoms with Crippen LogP contribution in [0, 0.1) is 0 Å². The molecule has 0 bridgehead atoms. The number of azo groups is 1. The average Bonchev–Trinajstić information content (AvgIpc) is 2.59. The molecule has 0 fully saturated rings. The first kappa shape index (κ1) is 24.1. The van der Waals surface area contributed by atoms with Gasteiger partial charge in [0, 0.05) is 5.39 Å². The third kappa shape index (κ3) is 5.32. The Morgan fingerprint density at radius 2 is 1.28 bits per heavy atom. The van der Waals surface area contributed by atoms with E-state index in [-0.39, 0.29) is 29.4 Å². The predicted octanol–water partition coefficient (Wildman–Crippen LogP) is 3.09. The summed E-state index contributed by atoms with van der Waals surface area (Å²) in [4.78, 5) is -0.834. The van der Waals surface area contributed by atoms with Crippen LogP contribution in [-0.2, 0) is 20.2 Å². The van der Waals surface area contributed by atoms with E-state index in [2.05, 4.69) is 10.2 Å². The first-order valence-electron chi connectivity index (χ1n) is 7.25. The Kier molecular flexibility index (Phi) is 7.15. The van der Waals surface area contributed by atoms with Gasteiger partial charge in [0.05, 0.1) is 15.5 Å². The zero-order chi connectivity index (χ0) is 19.8. The lowest BCUT2D eigenvalue weighted by atomic mass is 10.1. The maximum atomic E-state index is 11.1. The van der Waals surface area contributed by atoms with Gasteiger partial charge in [-0.3, -0.25) is 0 Å². The molecule has 11 nitrogen and oxygen atoms in total. The summed E-state index contributed by atoms with van der Waals surface area (Å²) in [5, 5.41) is 18.5. The van der Waals surface area contributed by atoms with Crippen LogP contribution in [0.25, 0.3) is 10.8 Å². The van der Waals surface area contributed by atoms with Crippen molar-refractivity contribution >= 4 is 42.4 Å². The lowest BCUT2D eigenvalue weighted by Gasteiger charge is -2.09. The van der Waals surface area contributed by atoms with Crippen molar-refractivity contribution in [2.45, 2.75) is 9.79 Å². The minimum Gasteiger partial charge on any atom is -0.744 e. The Labute approximate surface area is 166 Å². The molecular weight excluding hydrogens is 424 g/mol. The highest BCUT2D eigenvalue weighted by Gasteiger charge is 2.09. The lowest BCUT2D eigenvalue weighted by Crippen LogP contribution is -1.97. The van der Waals surface area contributed by atoms with Gasteiger partial charge in [0.1, 0.15) is 31.7 Å². The molecule has 3 aromatic carbocycles. The van der Waals surface area contributed by atoms with Gasteiger partial charge in [-0.1, -0.05) is 12.1 Å². The van der Waals surface area contributed by atoms with Crippen molar-refractivity contribution in [1.82, 2.24) is 12.3 Å². The van der Waals surface area contributed by atoms with Crippen LogP contribution in [0.2, 0.25) is 0 Å². The summed E-state index contributed by atoms with van der Waals surface area (Å²) in [5.74, 6) is -0.234. The number of nitrogens with zero attached hydrogens (tertiary/aromatic N) is 2. The van der Waals surface area contributed by atoms with Crippen LogP contribution in [0.1, 0.15) is 0 Å². The van der Waals surface area contributed by atoms with Gasteiger partial charge in [0.2, 0.25) is 0 Å². The van der Waals surface area contributed by atoms with E-state index in [1.54, 1.807) is 0 Å². The fourth-order valence-corrected chi connectivity index (χ4v) is 3.30. The molecule has 3 aromatic rings. The first-order valence-corrected chi connectivity index (χ1v) is 10.1. The van der Waals surface area contributed by atoms with E-state index >= 15 is 0 Å². The Morgan fingerprint density at radius 3 is 1.83 bits per heavy atom. The zero-order valence-corrected chi connectivity index (χ0v) is 16.4.